The predicted molar refractivity (Wildman–Crippen MR) is 107 cm³/mol. The van der Waals surface area contributed by atoms with Gasteiger partial charge in [-0.05, 0) is 49.2 Å². The molecule has 25 heavy (non-hydrogen) atoms. The summed E-state index contributed by atoms with van der Waals surface area (Å²) >= 11 is 11.2. The van der Waals surface area contributed by atoms with E-state index in [0.717, 1.165) is 50.7 Å². The summed E-state index contributed by atoms with van der Waals surface area (Å²) < 4.78 is 5.01. The van der Waals surface area contributed by atoms with E-state index in [9.17, 15) is 0 Å². The van der Waals surface area contributed by atoms with E-state index in [1.54, 1.807) is 7.11 Å². The van der Waals surface area contributed by atoms with Crippen molar-refractivity contribution in [2.75, 3.05) is 33.4 Å². The highest BCUT2D eigenvalue weighted by atomic mass is 35.5. The lowest BCUT2D eigenvalue weighted by molar-refractivity contribution is 0.195. The van der Waals surface area contributed by atoms with Crippen molar-refractivity contribution in [2.45, 2.75) is 25.8 Å². The first-order chi connectivity index (χ1) is 12.2. The van der Waals surface area contributed by atoms with Crippen LogP contribution in [0.1, 0.15) is 24.8 Å². The van der Waals surface area contributed by atoms with Crippen molar-refractivity contribution in [1.29, 1.82) is 0 Å². The maximum atomic E-state index is 5.97. The number of hydrogen-bond acceptors (Lipinski definition) is 4. The van der Waals surface area contributed by atoms with Gasteiger partial charge in [0.15, 0.2) is 5.11 Å². The second-order valence-corrected chi connectivity index (χ2v) is 6.81. The average Bonchev–Trinajstić information content (AvgIpc) is 2.62. The van der Waals surface area contributed by atoms with Gasteiger partial charge in [-0.3, -0.25) is 5.43 Å². The van der Waals surface area contributed by atoms with Crippen molar-refractivity contribution < 1.29 is 4.74 Å². The van der Waals surface area contributed by atoms with Gasteiger partial charge >= 0.3 is 0 Å². The fraction of sp³-hybridized carbons (Fsp3) is 0.500. The van der Waals surface area contributed by atoms with Gasteiger partial charge in [0.25, 0.3) is 0 Å². The maximum Gasteiger partial charge on any atom is 0.180 e. The summed E-state index contributed by atoms with van der Waals surface area (Å²) in [5, 5.41) is 4.53. The van der Waals surface area contributed by atoms with E-state index < -0.39 is 0 Å². The molecule has 0 radical (unpaired) electrons. The molecule has 1 aliphatic rings. The topological polar surface area (TPSA) is 48.6 Å². The van der Waals surface area contributed by atoms with Crippen molar-refractivity contribution >= 4 is 28.9 Å². The van der Waals surface area contributed by atoms with Crippen LogP contribution in [0.3, 0.4) is 0 Å². The molecule has 0 atom stereocenters. The second kappa shape index (κ2) is 11.3. The third-order valence-electron chi connectivity index (χ3n) is 3.99. The van der Waals surface area contributed by atoms with Crippen molar-refractivity contribution in [2.24, 2.45) is 0 Å². The average molecular weight is 383 g/mol. The van der Waals surface area contributed by atoms with E-state index in [2.05, 4.69) is 39.3 Å². The van der Waals surface area contributed by atoms with Crippen LogP contribution >= 0.6 is 23.8 Å². The van der Waals surface area contributed by atoms with Crippen LogP contribution in [0.2, 0.25) is 5.02 Å². The Kier molecular flexibility index (Phi) is 9.04. The molecule has 0 saturated heterocycles. The van der Waals surface area contributed by atoms with Crippen LogP contribution in [0.25, 0.3) is 0 Å². The van der Waals surface area contributed by atoms with Crippen LogP contribution in [0, 0.1) is 0 Å². The number of hydrogen-bond donors (Lipinski definition) is 3. The quantitative estimate of drug-likeness (QED) is 0.347. The van der Waals surface area contributed by atoms with E-state index in [1.165, 1.54) is 17.7 Å². The first-order valence-corrected chi connectivity index (χ1v) is 9.41. The molecule has 0 fully saturated rings. The molecule has 1 aromatic carbocycles. The van der Waals surface area contributed by atoms with Gasteiger partial charge in [0, 0.05) is 44.1 Å². The number of methoxy groups -OCH3 is 1. The monoisotopic (exact) mass is 382 g/mol. The fourth-order valence-corrected chi connectivity index (χ4v) is 2.98. The zero-order valence-electron chi connectivity index (χ0n) is 14.7. The largest absolute Gasteiger partial charge is 0.385 e. The summed E-state index contributed by atoms with van der Waals surface area (Å²) in [4.78, 5) is 2.40. The molecule has 0 aliphatic carbocycles. The van der Waals surface area contributed by atoms with Crippen LogP contribution in [0.4, 0.5) is 0 Å². The van der Waals surface area contributed by atoms with Gasteiger partial charge < -0.3 is 15.0 Å². The van der Waals surface area contributed by atoms with Crippen LogP contribution < -0.4 is 16.2 Å². The molecule has 0 unspecified atom stereocenters. The third kappa shape index (κ3) is 7.61. The van der Waals surface area contributed by atoms with E-state index in [0.29, 0.717) is 5.11 Å². The summed E-state index contributed by atoms with van der Waals surface area (Å²) in [6.07, 6.45) is 5.53. The Morgan fingerprint density at radius 3 is 2.88 bits per heavy atom. The van der Waals surface area contributed by atoms with Gasteiger partial charge in [-0.15, -0.1) is 0 Å². The molecule has 0 bridgehead atoms. The summed E-state index contributed by atoms with van der Waals surface area (Å²) in [6, 6.07) is 8.05. The zero-order valence-corrected chi connectivity index (χ0v) is 16.3. The Labute approximate surface area is 160 Å². The first-order valence-electron chi connectivity index (χ1n) is 8.63. The summed E-state index contributed by atoms with van der Waals surface area (Å²) in [7, 11) is 1.70. The fourth-order valence-electron chi connectivity index (χ4n) is 2.68. The number of halogens is 1. The molecule has 1 heterocycles. The Morgan fingerprint density at radius 2 is 2.12 bits per heavy atom. The van der Waals surface area contributed by atoms with E-state index in [-0.39, 0.29) is 0 Å². The molecule has 0 amide bonds. The number of rotatable bonds is 9. The Morgan fingerprint density at radius 1 is 1.32 bits per heavy atom. The van der Waals surface area contributed by atoms with Crippen LogP contribution in [0.15, 0.2) is 36.0 Å². The number of benzene rings is 1. The number of hydrazine groups is 1. The molecule has 1 aromatic rings. The van der Waals surface area contributed by atoms with Crippen molar-refractivity contribution in [1.82, 2.24) is 21.1 Å². The smallest absolute Gasteiger partial charge is 0.180 e. The van der Waals surface area contributed by atoms with Crippen LogP contribution in [-0.2, 0) is 11.3 Å². The first kappa shape index (κ1) is 20.0. The molecule has 0 saturated carbocycles. The van der Waals surface area contributed by atoms with E-state index in [4.69, 9.17) is 28.6 Å². The second-order valence-electron chi connectivity index (χ2n) is 5.97. The van der Waals surface area contributed by atoms with Gasteiger partial charge in [0.2, 0.25) is 0 Å². The molecule has 7 heteroatoms. The third-order valence-corrected chi connectivity index (χ3v) is 4.49. The van der Waals surface area contributed by atoms with Gasteiger partial charge in [0.1, 0.15) is 0 Å². The highest BCUT2D eigenvalue weighted by molar-refractivity contribution is 7.80. The van der Waals surface area contributed by atoms with Crippen LogP contribution in [-0.4, -0.2) is 43.4 Å². The van der Waals surface area contributed by atoms with Crippen LogP contribution in [0.5, 0.6) is 0 Å². The minimum Gasteiger partial charge on any atom is -0.385 e. The SMILES string of the molecule is COCCCNC(=S)NNCC1=CCCCN1Cc1ccc(Cl)cc1. The maximum absolute atomic E-state index is 5.97. The number of allylic oxidation sites excluding steroid dienone is 1. The summed E-state index contributed by atoms with van der Waals surface area (Å²) in [6.45, 7) is 4.22. The van der Waals surface area contributed by atoms with E-state index in [1.807, 2.05) is 12.1 Å². The minimum absolute atomic E-state index is 0.608. The normalized spacial score (nSPS) is 14.2. The molecule has 5 nitrogen and oxygen atoms in total. The molecule has 3 N–H and O–H groups in total. The van der Waals surface area contributed by atoms with E-state index >= 15 is 0 Å². The molecule has 2 rings (SSSR count). The van der Waals surface area contributed by atoms with Gasteiger partial charge in [0.05, 0.1) is 6.54 Å². The molecule has 0 aromatic heterocycles. The molecular weight excluding hydrogens is 356 g/mol. The Bertz CT molecular complexity index is 565. The number of nitrogens with one attached hydrogen (secondary N) is 3. The summed E-state index contributed by atoms with van der Waals surface area (Å²) in [5.41, 5.74) is 8.80. The van der Waals surface area contributed by atoms with Gasteiger partial charge in [-0.1, -0.05) is 29.8 Å². The molecule has 138 valence electrons. The standard InChI is InChI=1S/C18H27ClN4OS/c1-24-12-4-10-20-18(25)22-21-13-17-5-2-3-11-23(17)14-15-6-8-16(19)9-7-15/h5-9,21H,2-4,10-14H2,1H3,(H2,20,22,25). The van der Waals surface area contributed by atoms with Gasteiger partial charge in [-0.25, -0.2) is 5.43 Å². The molecule has 1 aliphatic heterocycles. The molecular formula is C18H27ClN4OS. The van der Waals surface area contributed by atoms with Crippen molar-refractivity contribution in [3.63, 3.8) is 0 Å². The summed E-state index contributed by atoms with van der Waals surface area (Å²) in [5.74, 6) is 0. The lowest BCUT2D eigenvalue weighted by Crippen LogP contribution is -2.46. The minimum atomic E-state index is 0.608. The van der Waals surface area contributed by atoms with Crippen molar-refractivity contribution in [3.05, 3.63) is 46.6 Å². The highest BCUT2D eigenvalue weighted by Gasteiger charge is 2.13. The molecule has 0 spiro atoms. The predicted octanol–water partition coefficient (Wildman–Crippen LogP) is 2.82. The van der Waals surface area contributed by atoms with Gasteiger partial charge in [-0.2, -0.15) is 0 Å². The number of nitrogens with zero attached hydrogens (tertiary/aromatic N) is 1. The highest BCUT2D eigenvalue weighted by Crippen LogP contribution is 2.18. The number of thiocarbonyl (C=S) groups is 1. The number of ether oxygens (including phenoxy) is 1. The van der Waals surface area contributed by atoms with Crippen molar-refractivity contribution in [3.8, 4) is 0 Å². The lowest BCUT2D eigenvalue weighted by atomic mass is 10.1. The zero-order chi connectivity index (χ0) is 17.9. The Hall–Kier alpha value is -1.34. The lowest BCUT2D eigenvalue weighted by Gasteiger charge is -2.31. The Balaban J connectivity index is 1.74.